The molecule has 3 aliphatic rings. The van der Waals surface area contributed by atoms with Crippen LogP contribution in [0.4, 0.5) is 26.3 Å². The number of likely N-dealkylation sites (tertiary alicyclic amines) is 2. The fraction of sp³-hybridized carbons (Fsp3) is 0.429. The first-order chi connectivity index (χ1) is 22.4. The van der Waals surface area contributed by atoms with Gasteiger partial charge in [-0.05, 0) is 55.2 Å². The third kappa shape index (κ3) is 7.49. The van der Waals surface area contributed by atoms with Crippen LogP contribution in [0.3, 0.4) is 0 Å². The number of piperazine rings is 1. The zero-order valence-corrected chi connectivity index (χ0v) is 25.7. The van der Waals surface area contributed by atoms with Crippen LogP contribution in [0.5, 0.6) is 0 Å². The molecule has 3 aromatic carbocycles. The van der Waals surface area contributed by atoms with Crippen LogP contribution >= 0.6 is 0 Å². The maximum Gasteiger partial charge on any atom is 0.416 e. The Labute approximate surface area is 269 Å². The summed E-state index contributed by atoms with van der Waals surface area (Å²) < 4.78 is 81.4. The quantitative estimate of drug-likeness (QED) is 0.302. The molecule has 1 unspecified atom stereocenters. The number of carbonyl (C=O) groups excluding carboxylic acids is 2. The fourth-order valence-corrected chi connectivity index (χ4v) is 7.04. The van der Waals surface area contributed by atoms with E-state index in [1.807, 2.05) is 65.6 Å². The summed E-state index contributed by atoms with van der Waals surface area (Å²) in [6.07, 6.45) is -8.53. The molecule has 0 spiro atoms. The summed E-state index contributed by atoms with van der Waals surface area (Å²) in [7, 11) is 0. The second-order valence-electron chi connectivity index (χ2n) is 12.6. The largest absolute Gasteiger partial charge is 0.416 e. The highest BCUT2D eigenvalue weighted by molar-refractivity contribution is 5.95. The van der Waals surface area contributed by atoms with E-state index < -0.39 is 41.0 Å². The lowest BCUT2D eigenvalue weighted by Crippen LogP contribution is -2.65. The number of alkyl halides is 6. The standard InChI is InChI=1S/C35H36F6N4O2/c36-34(37,38)27-18-26(19-28(20-27)35(39,40)41)33(47)45-12-11-29(21-30(45)17-24-7-3-1-4-8-24)42-13-15-43(16-14-42)31-22-44(23-31)32(46)25-9-5-2-6-10-25/h1-10,18-20,29-31H,11-17,21-23H2/t29?,30-/m1/s1. The summed E-state index contributed by atoms with van der Waals surface area (Å²) in [6, 6.07) is 19.7. The van der Waals surface area contributed by atoms with Crippen molar-refractivity contribution < 1.29 is 35.9 Å². The fourth-order valence-electron chi connectivity index (χ4n) is 7.04. The molecule has 12 heteroatoms. The zero-order valence-electron chi connectivity index (χ0n) is 25.7. The first kappa shape index (κ1) is 33.0. The number of benzene rings is 3. The molecular weight excluding hydrogens is 622 g/mol. The van der Waals surface area contributed by atoms with Crippen LogP contribution in [0.2, 0.25) is 0 Å². The molecule has 3 fully saturated rings. The van der Waals surface area contributed by atoms with Crippen LogP contribution in [-0.2, 0) is 18.8 Å². The molecule has 6 rings (SSSR count). The molecule has 0 aliphatic carbocycles. The predicted molar refractivity (Wildman–Crippen MR) is 164 cm³/mol. The smallest absolute Gasteiger partial charge is 0.335 e. The predicted octanol–water partition coefficient (Wildman–Crippen LogP) is 6.08. The Morgan fingerprint density at radius 1 is 0.638 bits per heavy atom. The normalized spacial score (nSPS) is 21.8. The first-order valence-electron chi connectivity index (χ1n) is 15.8. The number of rotatable bonds is 6. The van der Waals surface area contributed by atoms with Gasteiger partial charge in [0.25, 0.3) is 11.8 Å². The molecule has 0 bridgehead atoms. The van der Waals surface area contributed by atoms with Crippen molar-refractivity contribution in [1.29, 1.82) is 0 Å². The molecule has 47 heavy (non-hydrogen) atoms. The summed E-state index contributed by atoms with van der Waals surface area (Å²) in [5.41, 5.74) is -2.00. The monoisotopic (exact) mass is 658 g/mol. The summed E-state index contributed by atoms with van der Waals surface area (Å²) in [4.78, 5) is 34.5. The van der Waals surface area contributed by atoms with E-state index in [1.165, 1.54) is 4.90 Å². The van der Waals surface area contributed by atoms with Gasteiger partial charge in [-0.2, -0.15) is 26.3 Å². The molecule has 0 radical (unpaired) electrons. The molecule has 3 heterocycles. The molecule has 3 aromatic rings. The third-order valence-electron chi connectivity index (χ3n) is 9.65. The Balaban J connectivity index is 1.12. The number of hydrogen-bond donors (Lipinski definition) is 0. The lowest BCUT2D eigenvalue weighted by Gasteiger charge is -2.50. The number of hydrogen-bond acceptors (Lipinski definition) is 4. The molecule has 6 nitrogen and oxygen atoms in total. The van der Waals surface area contributed by atoms with E-state index in [-0.39, 0.29) is 24.6 Å². The second-order valence-corrected chi connectivity index (χ2v) is 12.6. The SMILES string of the molecule is O=C(c1ccccc1)N1CC(N2CCN(C3CCN(C(=O)c4cc(C(F)(F)F)cc(C(F)(F)F)c4)[C@H](Cc4ccccc4)C3)CC2)C1. The molecule has 0 saturated carbocycles. The number of nitrogens with zero attached hydrogens (tertiary/aromatic N) is 4. The van der Waals surface area contributed by atoms with Crippen LogP contribution < -0.4 is 0 Å². The van der Waals surface area contributed by atoms with E-state index in [1.54, 1.807) is 0 Å². The van der Waals surface area contributed by atoms with Crippen LogP contribution in [-0.4, -0.2) is 95.4 Å². The summed E-state index contributed by atoms with van der Waals surface area (Å²) in [6.45, 7) is 4.82. The zero-order chi connectivity index (χ0) is 33.3. The van der Waals surface area contributed by atoms with Crippen molar-refractivity contribution in [1.82, 2.24) is 19.6 Å². The Kier molecular flexibility index (Phi) is 9.35. The Hall–Kier alpha value is -3.90. The van der Waals surface area contributed by atoms with Gasteiger partial charge in [0.2, 0.25) is 0 Å². The van der Waals surface area contributed by atoms with Crippen molar-refractivity contribution in [2.24, 2.45) is 0 Å². The molecule has 0 aromatic heterocycles. The number of carbonyl (C=O) groups is 2. The molecule has 0 N–H and O–H groups in total. The highest BCUT2D eigenvalue weighted by atomic mass is 19.4. The van der Waals surface area contributed by atoms with Gasteiger partial charge in [-0.3, -0.25) is 19.4 Å². The molecule has 2 amide bonds. The summed E-state index contributed by atoms with van der Waals surface area (Å²) in [5.74, 6) is -0.795. The highest BCUT2D eigenvalue weighted by Gasteiger charge is 2.41. The van der Waals surface area contributed by atoms with E-state index in [2.05, 4.69) is 9.80 Å². The van der Waals surface area contributed by atoms with E-state index in [4.69, 9.17) is 0 Å². The van der Waals surface area contributed by atoms with E-state index >= 15 is 0 Å². The number of halogens is 6. The minimum Gasteiger partial charge on any atom is -0.335 e. The van der Waals surface area contributed by atoms with E-state index in [9.17, 15) is 35.9 Å². The van der Waals surface area contributed by atoms with Crippen molar-refractivity contribution in [3.05, 3.63) is 107 Å². The average molecular weight is 659 g/mol. The Bertz CT molecular complexity index is 1520. The van der Waals surface area contributed by atoms with Crippen molar-refractivity contribution in [3.8, 4) is 0 Å². The van der Waals surface area contributed by atoms with Gasteiger partial charge in [0, 0.05) is 75.1 Å². The molecule has 250 valence electrons. The minimum absolute atomic E-state index is 0.0333. The van der Waals surface area contributed by atoms with Gasteiger partial charge in [0.1, 0.15) is 0 Å². The van der Waals surface area contributed by atoms with Crippen molar-refractivity contribution in [3.63, 3.8) is 0 Å². The number of amides is 2. The van der Waals surface area contributed by atoms with Crippen LogP contribution in [0, 0.1) is 0 Å². The molecular formula is C35H36F6N4O2. The van der Waals surface area contributed by atoms with Gasteiger partial charge in [0.05, 0.1) is 11.1 Å². The van der Waals surface area contributed by atoms with Crippen LogP contribution in [0.15, 0.2) is 78.9 Å². The average Bonchev–Trinajstić information content (AvgIpc) is 3.04. The van der Waals surface area contributed by atoms with Gasteiger partial charge in [0.15, 0.2) is 0 Å². The molecule has 3 saturated heterocycles. The Morgan fingerprint density at radius 2 is 1.17 bits per heavy atom. The van der Waals surface area contributed by atoms with E-state index in [0.29, 0.717) is 56.1 Å². The van der Waals surface area contributed by atoms with Crippen molar-refractivity contribution >= 4 is 11.8 Å². The maximum atomic E-state index is 13.7. The lowest BCUT2D eigenvalue weighted by molar-refractivity contribution is -0.143. The van der Waals surface area contributed by atoms with Crippen LogP contribution in [0.1, 0.15) is 50.2 Å². The first-order valence-corrected chi connectivity index (χ1v) is 15.8. The topological polar surface area (TPSA) is 47.1 Å². The van der Waals surface area contributed by atoms with Gasteiger partial charge < -0.3 is 9.80 Å². The Morgan fingerprint density at radius 3 is 1.72 bits per heavy atom. The number of piperidine rings is 1. The van der Waals surface area contributed by atoms with E-state index in [0.717, 1.165) is 31.7 Å². The maximum absolute atomic E-state index is 13.7. The highest BCUT2D eigenvalue weighted by Crippen LogP contribution is 2.37. The van der Waals surface area contributed by atoms with Gasteiger partial charge in [-0.15, -0.1) is 0 Å². The summed E-state index contributed by atoms with van der Waals surface area (Å²) in [5, 5.41) is 0. The van der Waals surface area contributed by atoms with Crippen molar-refractivity contribution in [2.75, 3.05) is 45.8 Å². The minimum atomic E-state index is -5.04. The van der Waals surface area contributed by atoms with Gasteiger partial charge in [-0.1, -0.05) is 48.5 Å². The van der Waals surface area contributed by atoms with Crippen LogP contribution in [0.25, 0.3) is 0 Å². The third-order valence-corrected chi connectivity index (χ3v) is 9.65. The van der Waals surface area contributed by atoms with Gasteiger partial charge in [-0.25, -0.2) is 0 Å². The lowest BCUT2D eigenvalue weighted by atomic mass is 9.90. The summed E-state index contributed by atoms with van der Waals surface area (Å²) >= 11 is 0. The van der Waals surface area contributed by atoms with Gasteiger partial charge >= 0.3 is 12.4 Å². The van der Waals surface area contributed by atoms with Crippen molar-refractivity contribution in [2.45, 2.75) is 49.7 Å². The molecule has 3 aliphatic heterocycles. The molecule has 2 atom stereocenters. The second kappa shape index (κ2) is 13.3.